The molecule has 0 aromatic carbocycles. The first-order valence-electron chi connectivity index (χ1n) is 5.75. The van der Waals surface area contributed by atoms with E-state index in [1.54, 1.807) is 0 Å². The van der Waals surface area contributed by atoms with Gasteiger partial charge in [-0.25, -0.2) is 0 Å². The second-order valence-corrected chi connectivity index (χ2v) is 5.13. The Hall–Kier alpha value is -0.370. The number of hydrogen-bond acceptors (Lipinski definition) is 2. The van der Waals surface area contributed by atoms with Crippen LogP contribution in [0.2, 0.25) is 0 Å². The van der Waals surface area contributed by atoms with Crippen LogP contribution in [0.1, 0.15) is 34.1 Å². The molecule has 0 radical (unpaired) electrons. The molecule has 14 heavy (non-hydrogen) atoms. The summed E-state index contributed by atoms with van der Waals surface area (Å²) in [5.74, 6) is 2.27. The molecule has 0 saturated carbocycles. The summed E-state index contributed by atoms with van der Waals surface area (Å²) in [5, 5.41) is 0. The molecule has 0 spiro atoms. The quantitative estimate of drug-likeness (QED) is 0.673. The van der Waals surface area contributed by atoms with Crippen molar-refractivity contribution in [2.45, 2.75) is 34.1 Å². The molecule has 1 aliphatic rings. The van der Waals surface area contributed by atoms with Gasteiger partial charge >= 0.3 is 0 Å². The molecule has 0 aliphatic carbocycles. The first kappa shape index (κ1) is 11.7. The van der Waals surface area contributed by atoms with E-state index in [0.717, 1.165) is 24.8 Å². The summed E-state index contributed by atoms with van der Waals surface area (Å²) in [5.41, 5.74) is 0. The van der Waals surface area contributed by atoms with E-state index in [2.05, 4.69) is 18.7 Å². The van der Waals surface area contributed by atoms with Crippen LogP contribution in [0.15, 0.2) is 0 Å². The van der Waals surface area contributed by atoms with Gasteiger partial charge in [-0.3, -0.25) is 4.79 Å². The number of likely N-dealkylation sites (tertiary alicyclic amines) is 1. The Bertz CT molecular complexity index is 192. The Morgan fingerprint density at radius 2 is 1.86 bits per heavy atom. The summed E-state index contributed by atoms with van der Waals surface area (Å²) >= 11 is 0. The zero-order valence-corrected chi connectivity index (χ0v) is 9.92. The molecule has 0 aromatic rings. The van der Waals surface area contributed by atoms with E-state index < -0.39 is 0 Å². The van der Waals surface area contributed by atoms with Gasteiger partial charge in [0.2, 0.25) is 0 Å². The van der Waals surface area contributed by atoms with Crippen molar-refractivity contribution in [2.24, 2.45) is 17.8 Å². The van der Waals surface area contributed by atoms with Gasteiger partial charge < -0.3 is 4.90 Å². The molecule has 0 aromatic heterocycles. The maximum atomic E-state index is 11.4. The van der Waals surface area contributed by atoms with Crippen LogP contribution in [0.25, 0.3) is 0 Å². The molecule has 1 saturated heterocycles. The molecule has 2 heteroatoms. The van der Waals surface area contributed by atoms with E-state index in [4.69, 9.17) is 0 Å². The van der Waals surface area contributed by atoms with Crippen LogP contribution in [0.3, 0.4) is 0 Å². The van der Waals surface area contributed by atoms with Crippen LogP contribution in [-0.2, 0) is 4.79 Å². The average molecular weight is 197 g/mol. The van der Waals surface area contributed by atoms with E-state index >= 15 is 0 Å². The number of carbonyl (C=O) groups is 1. The highest BCUT2D eigenvalue weighted by atomic mass is 16.1. The van der Waals surface area contributed by atoms with Gasteiger partial charge in [-0.05, 0) is 11.8 Å². The van der Waals surface area contributed by atoms with Crippen molar-refractivity contribution >= 4 is 5.78 Å². The number of carbonyl (C=O) groups excluding carboxylic acids is 1. The van der Waals surface area contributed by atoms with Gasteiger partial charge in [0, 0.05) is 32.0 Å². The molecule has 0 bridgehead atoms. The Morgan fingerprint density at radius 3 is 2.29 bits per heavy atom. The fourth-order valence-electron chi connectivity index (χ4n) is 1.77. The van der Waals surface area contributed by atoms with Crippen molar-refractivity contribution in [3.8, 4) is 0 Å². The van der Waals surface area contributed by atoms with Gasteiger partial charge in [-0.2, -0.15) is 0 Å². The zero-order chi connectivity index (χ0) is 10.7. The van der Waals surface area contributed by atoms with Crippen molar-refractivity contribution < 1.29 is 4.79 Å². The fourth-order valence-corrected chi connectivity index (χ4v) is 1.77. The SMILES string of the molecule is CC(C)C(=O)CCN1CC(C(C)C)C1. The van der Waals surface area contributed by atoms with Crippen LogP contribution in [0.5, 0.6) is 0 Å². The molecule has 0 amide bonds. The largest absolute Gasteiger partial charge is 0.302 e. The van der Waals surface area contributed by atoms with Crippen molar-refractivity contribution in [1.82, 2.24) is 4.90 Å². The summed E-state index contributed by atoms with van der Waals surface area (Å²) < 4.78 is 0. The first-order valence-corrected chi connectivity index (χ1v) is 5.75. The summed E-state index contributed by atoms with van der Waals surface area (Å²) in [7, 11) is 0. The predicted molar refractivity (Wildman–Crippen MR) is 59.2 cm³/mol. The third-order valence-corrected chi connectivity index (χ3v) is 3.25. The Kier molecular flexibility index (Phi) is 4.11. The zero-order valence-electron chi connectivity index (χ0n) is 9.92. The number of nitrogens with zero attached hydrogens (tertiary/aromatic N) is 1. The number of Topliss-reactive ketones (excluding diaryl/α,β-unsaturated/α-hetero) is 1. The van der Waals surface area contributed by atoms with Crippen molar-refractivity contribution in [3.63, 3.8) is 0 Å². The van der Waals surface area contributed by atoms with Gasteiger partial charge in [0.1, 0.15) is 5.78 Å². The van der Waals surface area contributed by atoms with Crippen molar-refractivity contribution in [2.75, 3.05) is 19.6 Å². The summed E-state index contributed by atoms with van der Waals surface area (Å²) in [6, 6.07) is 0. The van der Waals surface area contributed by atoms with Crippen LogP contribution in [0.4, 0.5) is 0 Å². The molecule has 0 N–H and O–H groups in total. The van der Waals surface area contributed by atoms with Crippen molar-refractivity contribution in [3.05, 3.63) is 0 Å². The Balaban J connectivity index is 2.09. The Labute approximate surface area is 87.7 Å². The maximum absolute atomic E-state index is 11.4. The van der Waals surface area contributed by atoms with Gasteiger partial charge in [0.15, 0.2) is 0 Å². The van der Waals surface area contributed by atoms with Gasteiger partial charge in [-0.1, -0.05) is 27.7 Å². The molecular weight excluding hydrogens is 174 g/mol. The Morgan fingerprint density at radius 1 is 1.29 bits per heavy atom. The lowest BCUT2D eigenvalue weighted by atomic mass is 9.88. The highest BCUT2D eigenvalue weighted by Gasteiger charge is 2.28. The van der Waals surface area contributed by atoms with Gasteiger partial charge in [-0.15, -0.1) is 0 Å². The third-order valence-electron chi connectivity index (χ3n) is 3.25. The van der Waals surface area contributed by atoms with E-state index in [1.807, 2.05) is 13.8 Å². The molecule has 0 atom stereocenters. The lowest BCUT2D eigenvalue weighted by molar-refractivity contribution is -0.122. The standard InChI is InChI=1S/C12H23NO/c1-9(2)11-7-13(8-11)6-5-12(14)10(3)4/h9-11H,5-8H2,1-4H3. The van der Waals surface area contributed by atoms with E-state index in [9.17, 15) is 4.79 Å². The van der Waals surface area contributed by atoms with Gasteiger partial charge in [0.05, 0.1) is 0 Å². The summed E-state index contributed by atoms with van der Waals surface area (Å²) in [6.45, 7) is 11.9. The molecular formula is C12H23NO. The second-order valence-electron chi connectivity index (χ2n) is 5.13. The summed E-state index contributed by atoms with van der Waals surface area (Å²) in [4.78, 5) is 13.8. The maximum Gasteiger partial charge on any atom is 0.136 e. The molecule has 1 aliphatic heterocycles. The molecule has 1 heterocycles. The molecule has 1 rings (SSSR count). The van der Waals surface area contributed by atoms with E-state index in [0.29, 0.717) is 5.78 Å². The number of rotatable bonds is 5. The van der Waals surface area contributed by atoms with Crippen LogP contribution in [-0.4, -0.2) is 30.3 Å². The topological polar surface area (TPSA) is 20.3 Å². The summed E-state index contributed by atoms with van der Waals surface area (Å²) in [6.07, 6.45) is 0.739. The number of hydrogen-bond donors (Lipinski definition) is 0. The monoisotopic (exact) mass is 197 g/mol. The lowest BCUT2D eigenvalue weighted by Crippen LogP contribution is -2.49. The van der Waals surface area contributed by atoms with Crippen molar-refractivity contribution in [1.29, 1.82) is 0 Å². The minimum atomic E-state index is 0.206. The lowest BCUT2D eigenvalue weighted by Gasteiger charge is -2.41. The molecule has 0 unspecified atom stereocenters. The number of ketones is 1. The molecule has 82 valence electrons. The van der Waals surface area contributed by atoms with Crippen LogP contribution in [0, 0.1) is 17.8 Å². The average Bonchev–Trinajstić information content (AvgIpc) is 1.99. The van der Waals surface area contributed by atoms with E-state index in [1.165, 1.54) is 13.1 Å². The minimum absolute atomic E-state index is 0.206. The predicted octanol–water partition coefficient (Wildman–Crippen LogP) is 2.19. The smallest absolute Gasteiger partial charge is 0.136 e. The fraction of sp³-hybridized carbons (Fsp3) is 0.917. The molecule has 2 nitrogen and oxygen atoms in total. The first-order chi connectivity index (χ1) is 6.50. The normalized spacial score (nSPS) is 19.0. The van der Waals surface area contributed by atoms with Crippen LogP contribution >= 0.6 is 0 Å². The minimum Gasteiger partial charge on any atom is -0.302 e. The highest BCUT2D eigenvalue weighted by Crippen LogP contribution is 2.23. The second kappa shape index (κ2) is 4.92. The molecule has 1 fully saturated rings. The third kappa shape index (κ3) is 3.09. The highest BCUT2D eigenvalue weighted by molar-refractivity contribution is 5.80. The van der Waals surface area contributed by atoms with E-state index in [-0.39, 0.29) is 5.92 Å². The van der Waals surface area contributed by atoms with Gasteiger partial charge in [0.25, 0.3) is 0 Å². The van der Waals surface area contributed by atoms with Crippen LogP contribution < -0.4 is 0 Å².